The fraction of sp³-hybridized carbons (Fsp3) is 1.00. The van der Waals surface area contributed by atoms with Crippen LogP contribution in [0.1, 0.15) is 71.6 Å². The number of thioether (sulfide) groups is 1. The average Bonchev–Trinajstić information content (AvgIpc) is 2.27. The fourth-order valence-electron chi connectivity index (χ4n) is 1.84. The van der Waals surface area contributed by atoms with E-state index in [9.17, 15) is 0 Å². The molecule has 0 saturated carbocycles. The van der Waals surface area contributed by atoms with Crippen LogP contribution in [0.3, 0.4) is 0 Å². The van der Waals surface area contributed by atoms with Crippen molar-refractivity contribution in [3.8, 4) is 0 Å². The highest BCUT2D eigenvalue weighted by molar-refractivity contribution is 7.99. The summed E-state index contributed by atoms with van der Waals surface area (Å²) in [5.41, 5.74) is 5.53. The van der Waals surface area contributed by atoms with Gasteiger partial charge < -0.3 is 5.73 Å². The second kappa shape index (κ2) is 13.4. The van der Waals surface area contributed by atoms with Gasteiger partial charge in [-0.05, 0) is 25.1 Å². The van der Waals surface area contributed by atoms with Crippen molar-refractivity contribution in [2.45, 2.75) is 76.9 Å². The predicted molar refractivity (Wildman–Crippen MR) is 78.2 cm³/mol. The molecule has 98 valence electrons. The van der Waals surface area contributed by atoms with E-state index in [0.717, 1.165) is 11.8 Å². The molecule has 2 heteroatoms. The van der Waals surface area contributed by atoms with Crippen molar-refractivity contribution < 1.29 is 0 Å². The topological polar surface area (TPSA) is 26.0 Å². The first-order valence-corrected chi connectivity index (χ1v) is 8.17. The molecular weight excluding hydrogens is 214 g/mol. The molecule has 1 atom stereocenters. The lowest BCUT2D eigenvalue weighted by Gasteiger charge is -2.09. The molecule has 0 aliphatic rings. The van der Waals surface area contributed by atoms with Crippen LogP contribution in [0.5, 0.6) is 0 Å². The third-order valence-electron chi connectivity index (χ3n) is 2.97. The number of unbranched alkanes of at least 4 members (excludes halogenated alkanes) is 7. The first-order valence-electron chi connectivity index (χ1n) is 7.13. The van der Waals surface area contributed by atoms with E-state index in [4.69, 9.17) is 5.73 Å². The molecule has 1 unspecified atom stereocenters. The van der Waals surface area contributed by atoms with Crippen LogP contribution >= 0.6 is 11.8 Å². The SMILES string of the molecule is CCCCCCCCCCSC(C)CCN. The van der Waals surface area contributed by atoms with Gasteiger partial charge in [0.2, 0.25) is 0 Å². The van der Waals surface area contributed by atoms with E-state index in [0.29, 0.717) is 0 Å². The number of hydrogen-bond donors (Lipinski definition) is 1. The van der Waals surface area contributed by atoms with Crippen LogP contribution in [0.4, 0.5) is 0 Å². The van der Waals surface area contributed by atoms with Crippen LogP contribution in [0.15, 0.2) is 0 Å². The summed E-state index contributed by atoms with van der Waals surface area (Å²) in [6.45, 7) is 5.41. The minimum atomic E-state index is 0.759. The van der Waals surface area contributed by atoms with Gasteiger partial charge in [-0.1, -0.05) is 58.8 Å². The molecule has 0 aliphatic carbocycles. The zero-order valence-electron chi connectivity index (χ0n) is 11.3. The molecule has 16 heavy (non-hydrogen) atoms. The van der Waals surface area contributed by atoms with Crippen LogP contribution < -0.4 is 5.73 Å². The molecule has 0 fully saturated rings. The molecule has 0 aromatic carbocycles. The van der Waals surface area contributed by atoms with Crippen molar-refractivity contribution in [2.24, 2.45) is 5.73 Å². The Balaban J connectivity index is 2.98. The van der Waals surface area contributed by atoms with Crippen LogP contribution in [-0.2, 0) is 0 Å². The molecular formula is C14H31NS. The quantitative estimate of drug-likeness (QED) is 0.509. The van der Waals surface area contributed by atoms with E-state index in [2.05, 4.69) is 25.6 Å². The monoisotopic (exact) mass is 245 g/mol. The molecule has 0 radical (unpaired) electrons. The van der Waals surface area contributed by atoms with E-state index in [1.165, 1.54) is 63.5 Å². The Morgan fingerprint density at radius 3 is 2.06 bits per heavy atom. The molecule has 0 saturated heterocycles. The zero-order chi connectivity index (χ0) is 12.1. The molecule has 0 rings (SSSR count). The van der Waals surface area contributed by atoms with Gasteiger partial charge in [0.05, 0.1) is 0 Å². The van der Waals surface area contributed by atoms with Crippen molar-refractivity contribution in [1.29, 1.82) is 0 Å². The Labute approximate surface area is 107 Å². The van der Waals surface area contributed by atoms with Crippen LogP contribution in [-0.4, -0.2) is 17.5 Å². The Kier molecular flexibility index (Phi) is 13.6. The fourth-order valence-corrected chi connectivity index (χ4v) is 2.91. The second-order valence-corrected chi connectivity index (χ2v) is 6.28. The molecule has 0 aromatic rings. The highest BCUT2D eigenvalue weighted by Crippen LogP contribution is 2.16. The van der Waals surface area contributed by atoms with Gasteiger partial charge in [0.25, 0.3) is 0 Å². The summed E-state index contributed by atoms with van der Waals surface area (Å²) in [6.07, 6.45) is 12.5. The summed E-state index contributed by atoms with van der Waals surface area (Å²) < 4.78 is 0. The standard InChI is InChI=1S/C14H31NS/c1-3-4-5-6-7-8-9-10-13-16-14(2)11-12-15/h14H,3-13,15H2,1-2H3. The Bertz CT molecular complexity index is 128. The normalized spacial score (nSPS) is 12.9. The van der Waals surface area contributed by atoms with Gasteiger partial charge in [0, 0.05) is 5.25 Å². The smallest absolute Gasteiger partial charge is 0.00307 e. The zero-order valence-corrected chi connectivity index (χ0v) is 12.2. The van der Waals surface area contributed by atoms with Crippen LogP contribution in [0, 0.1) is 0 Å². The van der Waals surface area contributed by atoms with Crippen molar-refractivity contribution in [1.82, 2.24) is 0 Å². The van der Waals surface area contributed by atoms with E-state index in [1.807, 2.05) is 0 Å². The number of nitrogens with two attached hydrogens (primary N) is 1. The maximum absolute atomic E-state index is 5.53. The van der Waals surface area contributed by atoms with E-state index in [-0.39, 0.29) is 0 Å². The minimum Gasteiger partial charge on any atom is -0.330 e. The summed E-state index contributed by atoms with van der Waals surface area (Å²) in [7, 11) is 0. The summed E-state index contributed by atoms with van der Waals surface area (Å²) >= 11 is 2.09. The summed E-state index contributed by atoms with van der Waals surface area (Å²) in [4.78, 5) is 0. The van der Waals surface area contributed by atoms with Crippen molar-refractivity contribution >= 4 is 11.8 Å². The van der Waals surface area contributed by atoms with Crippen LogP contribution in [0.2, 0.25) is 0 Å². The molecule has 2 N–H and O–H groups in total. The first-order chi connectivity index (χ1) is 7.81. The maximum atomic E-state index is 5.53. The Morgan fingerprint density at radius 2 is 1.50 bits per heavy atom. The maximum Gasteiger partial charge on any atom is 0.00307 e. The molecule has 0 amide bonds. The molecule has 0 aliphatic heterocycles. The third kappa shape index (κ3) is 12.4. The van der Waals surface area contributed by atoms with Gasteiger partial charge in [0.15, 0.2) is 0 Å². The summed E-state index contributed by atoms with van der Waals surface area (Å²) in [5, 5.41) is 0.759. The highest BCUT2D eigenvalue weighted by atomic mass is 32.2. The summed E-state index contributed by atoms with van der Waals surface area (Å²) in [5.74, 6) is 1.33. The van der Waals surface area contributed by atoms with E-state index >= 15 is 0 Å². The lowest BCUT2D eigenvalue weighted by molar-refractivity contribution is 0.586. The van der Waals surface area contributed by atoms with Gasteiger partial charge in [0.1, 0.15) is 0 Å². The van der Waals surface area contributed by atoms with Gasteiger partial charge in [-0.25, -0.2) is 0 Å². The number of rotatable bonds is 12. The van der Waals surface area contributed by atoms with Gasteiger partial charge >= 0.3 is 0 Å². The van der Waals surface area contributed by atoms with Gasteiger partial charge in [-0.3, -0.25) is 0 Å². The van der Waals surface area contributed by atoms with Gasteiger partial charge in [-0.15, -0.1) is 0 Å². The van der Waals surface area contributed by atoms with E-state index in [1.54, 1.807) is 0 Å². The van der Waals surface area contributed by atoms with Crippen LogP contribution in [0.25, 0.3) is 0 Å². The Morgan fingerprint density at radius 1 is 0.938 bits per heavy atom. The average molecular weight is 245 g/mol. The lowest BCUT2D eigenvalue weighted by Crippen LogP contribution is -2.07. The third-order valence-corrected chi connectivity index (χ3v) is 4.30. The summed E-state index contributed by atoms with van der Waals surface area (Å²) in [6, 6.07) is 0. The lowest BCUT2D eigenvalue weighted by atomic mass is 10.1. The largest absolute Gasteiger partial charge is 0.330 e. The predicted octanol–water partition coefficient (Wildman–Crippen LogP) is 4.60. The molecule has 0 bridgehead atoms. The van der Waals surface area contributed by atoms with E-state index < -0.39 is 0 Å². The molecule has 0 aromatic heterocycles. The molecule has 0 spiro atoms. The highest BCUT2D eigenvalue weighted by Gasteiger charge is 2.00. The molecule has 1 nitrogen and oxygen atoms in total. The Hall–Kier alpha value is 0.310. The second-order valence-electron chi connectivity index (χ2n) is 4.73. The van der Waals surface area contributed by atoms with Gasteiger partial charge in [-0.2, -0.15) is 11.8 Å². The molecule has 0 heterocycles. The van der Waals surface area contributed by atoms with Crippen molar-refractivity contribution in [2.75, 3.05) is 12.3 Å². The first kappa shape index (κ1) is 16.3. The van der Waals surface area contributed by atoms with Crippen molar-refractivity contribution in [3.05, 3.63) is 0 Å². The number of hydrogen-bond acceptors (Lipinski definition) is 2. The minimum absolute atomic E-state index is 0.759. The van der Waals surface area contributed by atoms with Crippen molar-refractivity contribution in [3.63, 3.8) is 0 Å².